The summed E-state index contributed by atoms with van der Waals surface area (Å²) in [5.74, 6) is 2.60. The van der Waals surface area contributed by atoms with Crippen LogP contribution in [0.25, 0.3) is 0 Å². The molecule has 0 aromatic carbocycles. The van der Waals surface area contributed by atoms with E-state index in [2.05, 4.69) is 45.8 Å². The normalized spacial score (nSPS) is 26.7. The number of anilines is 1. The second kappa shape index (κ2) is 9.08. The Hall–Kier alpha value is -1.28. The number of nitrogens with one attached hydrogen (secondary N) is 1. The molecule has 26 heavy (non-hydrogen) atoms. The Morgan fingerprint density at radius 3 is 2.77 bits per heavy atom. The highest BCUT2D eigenvalue weighted by Gasteiger charge is 2.28. The molecular weight excluding hydrogens is 350 g/mol. The SMILES string of the molecule is CCn1c(SCC(=O)N[C@@H]2CCC[C@@H](C)[C@@H]2C)nnc1N1CCOCC1. The van der Waals surface area contributed by atoms with Crippen molar-refractivity contribution in [3.8, 4) is 0 Å². The van der Waals surface area contributed by atoms with Crippen LogP contribution in [0.4, 0.5) is 5.95 Å². The molecule has 0 radical (unpaired) electrons. The molecule has 3 rings (SSSR count). The van der Waals surface area contributed by atoms with Crippen molar-refractivity contribution in [3.63, 3.8) is 0 Å². The van der Waals surface area contributed by atoms with Gasteiger partial charge in [0.2, 0.25) is 11.9 Å². The average molecular weight is 382 g/mol. The first-order valence-corrected chi connectivity index (χ1v) is 10.8. The fourth-order valence-corrected chi connectivity index (χ4v) is 4.63. The summed E-state index contributed by atoms with van der Waals surface area (Å²) in [7, 11) is 0. The highest BCUT2D eigenvalue weighted by atomic mass is 32.2. The second-order valence-electron chi connectivity index (χ2n) is 7.36. The Morgan fingerprint density at radius 2 is 2.04 bits per heavy atom. The summed E-state index contributed by atoms with van der Waals surface area (Å²) >= 11 is 1.47. The fraction of sp³-hybridized carbons (Fsp3) is 0.833. The van der Waals surface area contributed by atoms with Crippen molar-refractivity contribution in [2.45, 2.75) is 57.8 Å². The van der Waals surface area contributed by atoms with Crippen LogP contribution in [-0.2, 0) is 16.1 Å². The first-order valence-electron chi connectivity index (χ1n) is 9.78. The van der Waals surface area contributed by atoms with Gasteiger partial charge in [-0.2, -0.15) is 0 Å². The summed E-state index contributed by atoms with van der Waals surface area (Å²) in [5.41, 5.74) is 0. The Labute approximate surface area is 160 Å². The maximum atomic E-state index is 12.4. The van der Waals surface area contributed by atoms with Gasteiger partial charge in [0.15, 0.2) is 5.16 Å². The lowest BCUT2D eigenvalue weighted by atomic mass is 9.78. The van der Waals surface area contributed by atoms with E-state index < -0.39 is 0 Å². The largest absolute Gasteiger partial charge is 0.378 e. The molecule has 0 bridgehead atoms. The van der Waals surface area contributed by atoms with Gasteiger partial charge >= 0.3 is 0 Å². The van der Waals surface area contributed by atoms with Gasteiger partial charge in [-0.3, -0.25) is 9.36 Å². The molecule has 1 saturated heterocycles. The number of rotatable bonds is 6. The van der Waals surface area contributed by atoms with E-state index in [0.717, 1.165) is 50.4 Å². The van der Waals surface area contributed by atoms with Crippen molar-refractivity contribution < 1.29 is 9.53 Å². The molecule has 1 aromatic rings. The molecule has 2 heterocycles. The van der Waals surface area contributed by atoms with Crippen molar-refractivity contribution in [1.82, 2.24) is 20.1 Å². The van der Waals surface area contributed by atoms with Crippen LogP contribution >= 0.6 is 11.8 Å². The van der Waals surface area contributed by atoms with Crippen LogP contribution in [0.1, 0.15) is 40.0 Å². The van der Waals surface area contributed by atoms with E-state index in [1.165, 1.54) is 24.6 Å². The standard InChI is InChI=1S/C18H31N5O2S/c1-4-23-17(22-8-10-25-11-9-22)20-21-18(23)26-12-16(24)19-15-7-5-6-13(2)14(15)3/h13-15H,4-12H2,1-3H3,(H,19,24)/t13-,14+,15-/m1/s1. The summed E-state index contributed by atoms with van der Waals surface area (Å²) in [5, 5.41) is 12.7. The molecule has 0 spiro atoms. The van der Waals surface area contributed by atoms with E-state index in [1.807, 2.05) is 0 Å². The van der Waals surface area contributed by atoms with Crippen LogP contribution in [0.3, 0.4) is 0 Å². The minimum atomic E-state index is 0.0968. The maximum absolute atomic E-state index is 12.4. The van der Waals surface area contributed by atoms with E-state index in [0.29, 0.717) is 23.6 Å². The van der Waals surface area contributed by atoms with Gasteiger partial charge in [-0.25, -0.2) is 0 Å². The fourth-order valence-electron chi connectivity index (χ4n) is 3.83. The van der Waals surface area contributed by atoms with Gasteiger partial charge in [0, 0.05) is 25.7 Å². The van der Waals surface area contributed by atoms with Gasteiger partial charge in [-0.1, -0.05) is 38.5 Å². The number of amides is 1. The van der Waals surface area contributed by atoms with E-state index in [1.54, 1.807) is 0 Å². The minimum absolute atomic E-state index is 0.0968. The van der Waals surface area contributed by atoms with Crippen molar-refractivity contribution in [3.05, 3.63) is 0 Å². The molecule has 146 valence electrons. The molecule has 2 aliphatic rings. The lowest BCUT2D eigenvalue weighted by Crippen LogP contribution is -2.44. The zero-order chi connectivity index (χ0) is 18.5. The van der Waals surface area contributed by atoms with Crippen LogP contribution in [-0.4, -0.2) is 58.8 Å². The van der Waals surface area contributed by atoms with Crippen LogP contribution in [0, 0.1) is 11.8 Å². The third-order valence-electron chi connectivity index (χ3n) is 5.69. The molecule has 2 fully saturated rings. The maximum Gasteiger partial charge on any atom is 0.230 e. The van der Waals surface area contributed by atoms with E-state index in [9.17, 15) is 4.79 Å². The van der Waals surface area contributed by atoms with Crippen molar-refractivity contribution >= 4 is 23.6 Å². The Bertz CT molecular complexity index is 602. The molecular formula is C18H31N5O2S. The average Bonchev–Trinajstić information content (AvgIpc) is 3.07. The molecule has 0 unspecified atom stereocenters. The number of carbonyl (C=O) groups excluding carboxylic acids is 1. The number of hydrogen-bond acceptors (Lipinski definition) is 6. The monoisotopic (exact) mass is 381 g/mol. The van der Waals surface area contributed by atoms with Gasteiger partial charge in [0.05, 0.1) is 19.0 Å². The first-order chi connectivity index (χ1) is 12.6. The Kier molecular flexibility index (Phi) is 6.80. The summed E-state index contributed by atoms with van der Waals surface area (Å²) in [6, 6.07) is 0.305. The number of thioether (sulfide) groups is 1. The number of morpholine rings is 1. The van der Waals surface area contributed by atoms with Gasteiger partial charge in [-0.05, 0) is 25.2 Å². The Balaban J connectivity index is 1.55. The molecule has 1 N–H and O–H groups in total. The summed E-state index contributed by atoms with van der Waals surface area (Å²) < 4.78 is 7.50. The van der Waals surface area contributed by atoms with Gasteiger partial charge < -0.3 is 15.0 Å². The van der Waals surface area contributed by atoms with Crippen LogP contribution in [0.5, 0.6) is 0 Å². The number of nitrogens with zero attached hydrogens (tertiary/aromatic N) is 4. The third-order valence-corrected chi connectivity index (χ3v) is 6.66. The highest BCUT2D eigenvalue weighted by Crippen LogP contribution is 2.29. The first kappa shape index (κ1) is 19.5. The molecule has 1 aliphatic carbocycles. The van der Waals surface area contributed by atoms with Crippen LogP contribution in [0.2, 0.25) is 0 Å². The molecule has 7 nitrogen and oxygen atoms in total. The smallest absolute Gasteiger partial charge is 0.230 e. The summed E-state index contributed by atoms with van der Waals surface area (Å²) in [6.45, 7) is 10.5. The summed E-state index contributed by atoms with van der Waals surface area (Å²) in [4.78, 5) is 14.6. The van der Waals surface area contributed by atoms with Gasteiger partial charge in [0.1, 0.15) is 0 Å². The molecule has 1 aliphatic heterocycles. The Morgan fingerprint density at radius 1 is 1.27 bits per heavy atom. The van der Waals surface area contributed by atoms with E-state index in [-0.39, 0.29) is 5.91 Å². The lowest BCUT2D eigenvalue weighted by molar-refractivity contribution is -0.120. The van der Waals surface area contributed by atoms with Crippen molar-refractivity contribution in [2.24, 2.45) is 11.8 Å². The summed E-state index contributed by atoms with van der Waals surface area (Å²) in [6.07, 6.45) is 3.57. The predicted octanol–water partition coefficient (Wildman–Crippen LogP) is 2.17. The van der Waals surface area contributed by atoms with Gasteiger partial charge in [0.25, 0.3) is 0 Å². The topological polar surface area (TPSA) is 72.3 Å². The lowest BCUT2D eigenvalue weighted by Gasteiger charge is -2.34. The molecule has 1 aromatic heterocycles. The second-order valence-corrected chi connectivity index (χ2v) is 8.30. The quantitative estimate of drug-likeness (QED) is 0.762. The number of aromatic nitrogens is 3. The van der Waals surface area contributed by atoms with Crippen molar-refractivity contribution in [2.75, 3.05) is 37.0 Å². The zero-order valence-corrected chi connectivity index (χ0v) is 16.9. The van der Waals surface area contributed by atoms with Crippen LogP contribution < -0.4 is 10.2 Å². The van der Waals surface area contributed by atoms with E-state index in [4.69, 9.17) is 4.74 Å². The third kappa shape index (κ3) is 4.52. The van der Waals surface area contributed by atoms with E-state index >= 15 is 0 Å². The molecule has 1 amide bonds. The molecule has 1 saturated carbocycles. The highest BCUT2D eigenvalue weighted by molar-refractivity contribution is 7.99. The van der Waals surface area contributed by atoms with Crippen molar-refractivity contribution in [1.29, 1.82) is 0 Å². The minimum Gasteiger partial charge on any atom is -0.378 e. The molecule has 3 atom stereocenters. The number of ether oxygens (including phenoxy) is 1. The molecule has 8 heteroatoms. The van der Waals surface area contributed by atoms with Crippen LogP contribution in [0.15, 0.2) is 5.16 Å². The predicted molar refractivity (Wildman–Crippen MR) is 104 cm³/mol. The van der Waals surface area contributed by atoms with Gasteiger partial charge in [-0.15, -0.1) is 10.2 Å². The zero-order valence-electron chi connectivity index (χ0n) is 16.1. The number of carbonyl (C=O) groups is 1. The number of hydrogen-bond donors (Lipinski definition) is 1.